The average Bonchev–Trinajstić information content (AvgIpc) is 3.15. The van der Waals surface area contributed by atoms with E-state index in [1.165, 1.54) is 18.4 Å². The molecule has 0 radical (unpaired) electrons. The summed E-state index contributed by atoms with van der Waals surface area (Å²) in [6.07, 6.45) is 10.4. The van der Waals surface area contributed by atoms with Crippen LogP contribution in [0.4, 0.5) is 0 Å². The van der Waals surface area contributed by atoms with Crippen LogP contribution in [0.15, 0.2) is 42.7 Å². The van der Waals surface area contributed by atoms with Crippen LogP contribution < -0.4 is 5.32 Å². The summed E-state index contributed by atoms with van der Waals surface area (Å²) < 4.78 is 2.10. The van der Waals surface area contributed by atoms with Crippen molar-refractivity contribution in [2.75, 3.05) is 26.2 Å². The fourth-order valence-electron chi connectivity index (χ4n) is 4.37. The van der Waals surface area contributed by atoms with Crippen molar-refractivity contribution in [3.8, 4) is 0 Å². The van der Waals surface area contributed by atoms with Crippen LogP contribution in [0.2, 0.25) is 0 Å². The van der Waals surface area contributed by atoms with Crippen LogP contribution in [0.1, 0.15) is 48.9 Å². The van der Waals surface area contributed by atoms with Gasteiger partial charge in [-0.1, -0.05) is 45.1 Å². The molecule has 2 atom stereocenters. The van der Waals surface area contributed by atoms with Crippen molar-refractivity contribution < 1.29 is 9.90 Å². The lowest BCUT2D eigenvalue weighted by atomic mass is 9.93. The van der Waals surface area contributed by atoms with Gasteiger partial charge >= 0.3 is 0 Å². The lowest BCUT2D eigenvalue weighted by Gasteiger charge is -2.30. The topological polar surface area (TPSA) is 70.4 Å². The number of allylic oxidation sites excluding steroid dienone is 1. The number of aliphatic hydroxyl groups excluding tert-OH is 1. The number of aromatic nitrogens is 2. The van der Waals surface area contributed by atoms with E-state index in [1.807, 2.05) is 18.3 Å². The lowest BCUT2D eigenvalue weighted by molar-refractivity contribution is 0.0861. The molecule has 0 saturated carbocycles. The third-order valence-electron chi connectivity index (χ3n) is 6.00. The van der Waals surface area contributed by atoms with Gasteiger partial charge in [0.2, 0.25) is 0 Å². The number of aliphatic hydroxyl groups is 1. The second-order valence-corrected chi connectivity index (χ2v) is 8.19. The number of carbonyl (C=O) groups is 1. The Bertz CT molecular complexity index is 780. The maximum absolute atomic E-state index is 12.5. The Kier molecular flexibility index (Phi) is 7.45. The molecule has 0 bridgehead atoms. The highest BCUT2D eigenvalue weighted by Crippen LogP contribution is 2.24. The van der Waals surface area contributed by atoms with Gasteiger partial charge in [-0.3, -0.25) is 9.69 Å². The number of hydrogen-bond acceptors (Lipinski definition) is 4. The number of fused-ring (bicyclic) bond motifs is 1. The van der Waals surface area contributed by atoms with Crippen molar-refractivity contribution in [3.63, 3.8) is 0 Å². The van der Waals surface area contributed by atoms with Crippen LogP contribution in [0.5, 0.6) is 0 Å². The number of β-amino-alcohol motifs (C(OH)–C–C–N with tert-alkyl or cyclic N) is 1. The molecule has 0 saturated heterocycles. The van der Waals surface area contributed by atoms with Gasteiger partial charge in [-0.15, -0.1) is 0 Å². The zero-order valence-electron chi connectivity index (χ0n) is 17.6. The fourth-order valence-corrected chi connectivity index (χ4v) is 4.37. The first-order chi connectivity index (χ1) is 14.0. The molecule has 0 spiro atoms. The minimum atomic E-state index is -0.624. The average molecular weight is 399 g/mol. The van der Waals surface area contributed by atoms with E-state index in [0.717, 1.165) is 50.3 Å². The molecule has 2 aliphatic heterocycles. The first-order valence-corrected chi connectivity index (χ1v) is 10.8. The van der Waals surface area contributed by atoms with E-state index in [2.05, 4.69) is 39.8 Å². The summed E-state index contributed by atoms with van der Waals surface area (Å²) >= 11 is 0. The number of amides is 1. The molecule has 1 aromatic rings. The van der Waals surface area contributed by atoms with Gasteiger partial charge in [0.25, 0.3) is 5.91 Å². The Labute approximate surface area is 174 Å². The van der Waals surface area contributed by atoms with Crippen molar-refractivity contribution in [1.82, 2.24) is 19.8 Å². The van der Waals surface area contributed by atoms with Gasteiger partial charge in [-0.2, -0.15) is 0 Å². The number of aryl methyl sites for hydroxylation is 1. The molecule has 0 aromatic carbocycles. The molecule has 158 valence electrons. The quantitative estimate of drug-likeness (QED) is 0.671. The number of rotatable bonds is 9. The summed E-state index contributed by atoms with van der Waals surface area (Å²) in [6.45, 7) is 13.2. The smallest absolute Gasteiger partial charge is 0.271 e. The van der Waals surface area contributed by atoms with Gasteiger partial charge in [0.15, 0.2) is 0 Å². The first-order valence-electron chi connectivity index (χ1n) is 10.8. The van der Waals surface area contributed by atoms with Crippen molar-refractivity contribution >= 4 is 5.91 Å². The third kappa shape index (κ3) is 5.46. The van der Waals surface area contributed by atoms with Crippen LogP contribution in [0.3, 0.4) is 0 Å². The van der Waals surface area contributed by atoms with E-state index in [0.29, 0.717) is 18.2 Å². The monoisotopic (exact) mass is 398 g/mol. The molecule has 2 aliphatic rings. The summed E-state index contributed by atoms with van der Waals surface area (Å²) in [4.78, 5) is 19.2. The number of carbonyl (C=O) groups excluding carboxylic acids is 1. The summed E-state index contributed by atoms with van der Waals surface area (Å²) in [7, 11) is 0. The molecule has 29 heavy (non-hydrogen) atoms. The second-order valence-electron chi connectivity index (χ2n) is 8.19. The molecule has 6 heteroatoms. The number of nitrogens with zero attached hydrogens (tertiary/aromatic N) is 3. The number of nitrogens with one attached hydrogen (secondary N) is 1. The van der Waals surface area contributed by atoms with Gasteiger partial charge in [0, 0.05) is 45.3 Å². The zero-order valence-corrected chi connectivity index (χ0v) is 17.6. The maximum Gasteiger partial charge on any atom is 0.271 e. The number of hydrogen-bond donors (Lipinski definition) is 2. The van der Waals surface area contributed by atoms with Crippen LogP contribution in [0.25, 0.3) is 0 Å². The van der Waals surface area contributed by atoms with Gasteiger partial charge < -0.3 is 15.0 Å². The van der Waals surface area contributed by atoms with Crippen molar-refractivity contribution in [2.24, 2.45) is 5.92 Å². The Balaban J connectivity index is 1.48. The predicted molar refractivity (Wildman–Crippen MR) is 116 cm³/mol. The fraction of sp³-hybridized carbons (Fsp3) is 0.565. The highest BCUT2D eigenvalue weighted by Gasteiger charge is 2.23. The van der Waals surface area contributed by atoms with Crippen LogP contribution in [-0.2, 0) is 13.0 Å². The zero-order chi connectivity index (χ0) is 20.8. The molecule has 6 nitrogen and oxygen atoms in total. The molecule has 0 fully saturated rings. The van der Waals surface area contributed by atoms with E-state index in [9.17, 15) is 9.90 Å². The standard InChI is InChI=1S/C23H34N4O2/c1-4-7-17-8-11-27-16-21(25-22(27)12-17)23(29)24-13-20(28)15-26-10-9-18(5-2)19(6-3)14-26/h5-6,16-17,20,28H,2-4,7-15H2,1H3,(H,24,29). The summed E-state index contributed by atoms with van der Waals surface area (Å²) in [6, 6.07) is 0. The normalized spacial score (nSPS) is 20.8. The van der Waals surface area contributed by atoms with E-state index in [4.69, 9.17) is 0 Å². The Morgan fingerprint density at radius 1 is 1.38 bits per heavy atom. The van der Waals surface area contributed by atoms with E-state index >= 15 is 0 Å². The van der Waals surface area contributed by atoms with Crippen molar-refractivity contribution in [1.29, 1.82) is 0 Å². The van der Waals surface area contributed by atoms with Gasteiger partial charge in [0.05, 0.1) is 6.10 Å². The third-order valence-corrected chi connectivity index (χ3v) is 6.00. The molecule has 3 rings (SSSR count). The van der Waals surface area contributed by atoms with Crippen molar-refractivity contribution in [2.45, 2.75) is 51.7 Å². The van der Waals surface area contributed by atoms with E-state index < -0.39 is 6.10 Å². The largest absolute Gasteiger partial charge is 0.390 e. The highest BCUT2D eigenvalue weighted by atomic mass is 16.3. The predicted octanol–water partition coefficient (Wildman–Crippen LogP) is 2.71. The molecule has 2 N–H and O–H groups in total. The molecule has 0 aliphatic carbocycles. The van der Waals surface area contributed by atoms with Crippen LogP contribution in [0, 0.1) is 5.92 Å². The van der Waals surface area contributed by atoms with E-state index in [-0.39, 0.29) is 12.5 Å². The number of imidazole rings is 1. The van der Waals surface area contributed by atoms with Crippen molar-refractivity contribution in [3.05, 3.63) is 54.2 Å². The molecular formula is C23H34N4O2. The Hall–Kier alpha value is -2.18. The minimum Gasteiger partial charge on any atom is -0.390 e. The minimum absolute atomic E-state index is 0.211. The van der Waals surface area contributed by atoms with Gasteiger partial charge in [-0.25, -0.2) is 4.98 Å². The molecule has 1 amide bonds. The second kappa shape index (κ2) is 10.0. The SMILES string of the molecule is C=CC1=C(C=C)CN(CC(O)CNC(=O)c2cn3c(n2)CC(CCC)CC3)CC1. The molecule has 2 unspecified atom stereocenters. The Morgan fingerprint density at radius 2 is 2.17 bits per heavy atom. The summed E-state index contributed by atoms with van der Waals surface area (Å²) in [5.74, 6) is 1.47. The van der Waals surface area contributed by atoms with Gasteiger partial charge in [0.1, 0.15) is 11.5 Å². The first kappa shape index (κ1) is 21.5. The summed E-state index contributed by atoms with van der Waals surface area (Å²) in [5.41, 5.74) is 2.84. The van der Waals surface area contributed by atoms with E-state index in [1.54, 1.807) is 0 Å². The lowest BCUT2D eigenvalue weighted by Crippen LogP contribution is -2.42. The summed E-state index contributed by atoms with van der Waals surface area (Å²) in [5, 5.41) is 13.2. The maximum atomic E-state index is 12.5. The highest BCUT2D eigenvalue weighted by molar-refractivity contribution is 5.92. The van der Waals surface area contributed by atoms with Gasteiger partial charge in [-0.05, 0) is 29.9 Å². The Morgan fingerprint density at radius 3 is 2.90 bits per heavy atom. The van der Waals surface area contributed by atoms with Crippen LogP contribution >= 0.6 is 0 Å². The molecule has 1 aromatic heterocycles. The molecule has 3 heterocycles. The molecular weight excluding hydrogens is 364 g/mol. The van der Waals surface area contributed by atoms with Crippen LogP contribution in [-0.4, -0.2) is 57.7 Å².